The van der Waals surface area contributed by atoms with Gasteiger partial charge in [0, 0.05) is 41.2 Å². The van der Waals surface area contributed by atoms with Gasteiger partial charge in [0.05, 0.1) is 11.6 Å². The van der Waals surface area contributed by atoms with E-state index in [-0.39, 0.29) is 47.9 Å². The molecule has 0 aliphatic carbocycles. The molecule has 0 spiro atoms. The molecule has 0 saturated carbocycles. The van der Waals surface area contributed by atoms with Crippen LogP contribution in [0.4, 0.5) is 8.78 Å². The molecule has 0 unspecified atom stereocenters. The summed E-state index contributed by atoms with van der Waals surface area (Å²) in [7, 11) is -1.75. The summed E-state index contributed by atoms with van der Waals surface area (Å²) in [5, 5.41) is 22.0. The maximum Gasteiger partial charge on any atom is 0.488 e. The molecule has 8 nitrogen and oxygen atoms in total. The Labute approximate surface area is 210 Å². The summed E-state index contributed by atoms with van der Waals surface area (Å²) in [6.07, 6.45) is -0.155. The number of aromatic nitrogens is 1. The number of amides is 2. The summed E-state index contributed by atoms with van der Waals surface area (Å²) in [4.78, 5) is 39.2. The molecule has 1 aliphatic rings. The SMILES string of the molecule is CC(=O)c1cn(CC(=O)N2C[C@H](F)C[C@H]2C(=O)NCc2cccc(Cl)c2F)c2cc(B(O)O)ccc12. The van der Waals surface area contributed by atoms with Crippen molar-refractivity contribution >= 4 is 52.7 Å². The standard InChI is InChI=1S/C24H23BClF2N3O5/c1-13(32)18-11-30(20-7-15(25(35)36)5-6-17(18)20)12-22(33)31-10-16(27)8-21(31)24(34)29-9-14-3-2-4-19(26)23(14)28/h2-7,11,16,21,35-36H,8-10,12H2,1H3,(H,29,34)/t16-,21+/m1/s1. The smallest absolute Gasteiger partial charge is 0.423 e. The van der Waals surface area contributed by atoms with Crippen molar-refractivity contribution in [1.29, 1.82) is 0 Å². The molecule has 1 aromatic heterocycles. The summed E-state index contributed by atoms with van der Waals surface area (Å²) >= 11 is 5.77. The van der Waals surface area contributed by atoms with Gasteiger partial charge in [-0.2, -0.15) is 0 Å². The predicted molar refractivity (Wildman–Crippen MR) is 130 cm³/mol. The molecule has 12 heteroatoms. The minimum atomic E-state index is -1.75. The number of ketones is 1. The molecule has 3 N–H and O–H groups in total. The van der Waals surface area contributed by atoms with Gasteiger partial charge in [-0.15, -0.1) is 0 Å². The van der Waals surface area contributed by atoms with Crippen molar-refractivity contribution in [3.8, 4) is 0 Å². The number of likely N-dealkylation sites (tertiary alicyclic amines) is 1. The Hall–Kier alpha value is -3.28. The molecule has 36 heavy (non-hydrogen) atoms. The van der Waals surface area contributed by atoms with Crippen LogP contribution in [0.15, 0.2) is 42.6 Å². The molecule has 2 atom stereocenters. The van der Waals surface area contributed by atoms with Crippen molar-refractivity contribution in [2.75, 3.05) is 6.54 Å². The van der Waals surface area contributed by atoms with E-state index in [1.807, 2.05) is 0 Å². The first-order valence-corrected chi connectivity index (χ1v) is 11.6. The number of nitrogens with one attached hydrogen (secondary N) is 1. The molecule has 1 aliphatic heterocycles. The number of alkyl halides is 1. The Morgan fingerprint density at radius 3 is 2.67 bits per heavy atom. The fourth-order valence-electron chi connectivity index (χ4n) is 4.41. The second-order valence-electron chi connectivity index (χ2n) is 8.70. The summed E-state index contributed by atoms with van der Waals surface area (Å²) < 4.78 is 29.9. The third kappa shape index (κ3) is 5.13. The highest BCUT2D eigenvalue weighted by Crippen LogP contribution is 2.25. The van der Waals surface area contributed by atoms with Gasteiger partial charge in [-0.3, -0.25) is 14.4 Å². The van der Waals surface area contributed by atoms with E-state index < -0.39 is 37.0 Å². The number of hydrogen-bond acceptors (Lipinski definition) is 5. The van der Waals surface area contributed by atoms with Gasteiger partial charge in [0.1, 0.15) is 24.6 Å². The van der Waals surface area contributed by atoms with E-state index in [2.05, 4.69) is 5.32 Å². The average molecular weight is 518 g/mol. The zero-order valence-electron chi connectivity index (χ0n) is 19.2. The summed E-state index contributed by atoms with van der Waals surface area (Å²) in [6.45, 7) is 0.584. The highest BCUT2D eigenvalue weighted by atomic mass is 35.5. The number of benzene rings is 2. The van der Waals surface area contributed by atoms with Gasteiger partial charge in [0.15, 0.2) is 5.78 Å². The Bertz CT molecular complexity index is 1350. The lowest BCUT2D eigenvalue weighted by Crippen LogP contribution is -2.46. The van der Waals surface area contributed by atoms with Crippen LogP contribution >= 0.6 is 11.6 Å². The number of nitrogens with zero attached hydrogens (tertiary/aromatic N) is 2. The predicted octanol–water partition coefficient (Wildman–Crippen LogP) is 1.57. The van der Waals surface area contributed by atoms with E-state index in [0.29, 0.717) is 16.5 Å². The van der Waals surface area contributed by atoms with Crippen LogP contribution in [0, 0.1) is 5.82 Å². The second-order valence-corrected chi connectivity index (χ2v) is 9.11. The normalized spacial score (nSPS) is 17.4. The van der Waals surface area contributed by atoms with Crippen LogP contribution in [-0.4, -0.2) is 63.0 Å². The quantitative estimate of drug-likeness (QED) is 0.325. The Morgan fingerprint density at radius 1 is 1.22 bits per heavy atom. The molecule has 3 aromatic rings. The van der Waals surface area contributed by atoms with Gasteiger partial charge < -0.3 is 24.8 Å². The summed E-state index contributed by atoms with van der Waals surface area (Å²) in [5.41, 5.74) is 1.06. The van der Waals surface area contributed by atoms with E-state index >= 15 is 0 Å². The van der Waals surface area contributed by atoms with Gasteiger partial charge in [-0.05, 0) is 24.5 Å². The number of carbonyl (C=O) groups is 3. The monoisotopic (exact) mass is 517 g/mol. The Morgan fingerprint density at radius 2 is 1.97 bits per heavy atom. The third-order valence-electron chi connectivity index (χ3n) is 6.25. The highest BCUT2D eigenvalue weighted by molar-refractivity contribution is 6.58. The molecular weight excluding hydrogens is 495 g/mol. The van der Waals surface area contributed by atoms with Crippen LogP contribution < -0.4 is 10.8 Å². The average Bonchev–Trinajstić information content (AvgIpc) is 3.40. The van der Waals surface area contributed by atoms with Crippen LogP contribution in [0.1, 0.15) is 29.3 Å². The fraction of sp³-hybridized carbons (Fsp3) is 0.292. The number of halogens is 3. The Kier molecular flexibility index (Phi) is 7.44. The van der Waals surface area contributed by atoms with Crippen LogP contribution in [0.25, 0.3) is 10.9 Å². The van der Waals surface area contributed by atoms with Gasteiger partial charge in [-0.1, -0.05) is 35.9 Å². The van der Waals surface area contributed by atoms with E-state index in [1.165, 1.54) is 48.0 Å². The zero-order chi connectivity index (χ0) is 26.1. The first-order chi connectivity index (χ1) is 17.1. The highest BCUT2D eigenvalue weighted by Gasteiger charge is 2.39. The van der Waals surface area contributed by atoms with Gasteiger partial charge in [0.2, 0.25) is 11.8 Å². The number of fused-ring (bicyclic) bond motifs is 1. The van der Waals surface area contributed by atoms with Crippen LogP contribution in [0.2, 0.25) is 5.02 Å². The van der Waals surface area contributed by atoms with Crippen molar-refractivity contribution in [2.45, 2.75) is 38.6 Å². The lowest BCUT2D eigenvalue weighted by atomic mass is 9.80. The molecule has 0 radical (unpaired) electrons. The van der Waals surface area contributed by atoms with Crippen LogP contribution in [0.5, 0.6) is 0 Å². The van der Waals surface area contributed by atoms with Gasteiger partial charge in [-0.25, -0.2) is 8.78 Å². The number of rotatable bonds is 7. The molecule has 2 amide bonds. The van der Waals surface area contributed by atoms with E-state index in [4.69, 9.17) is 11.6 Å². The van der Waals surface area contributed by atoms with E-state index in [0.717, 1.165) is 4.90 Å². The van der Waals surface area contributed by atoms with Crippen molar-refractivity contribution in [1.82, 2.24) is 14.8 Å². The van der Waals surface area contributed by atoms with Crippen molar-refractivity contribution in [3.05, 3.63) is 64.6 Å². The molecule has 2 aromatic carbocycles. The Balaban J connectivity index is 1.55. The zero-order valence-corrected chi connectivity index (χ0v) is 20.0. The van der Waals surface area contributed by atoms with Gasteiger partial charge >= 0.3 is 7.12 Å². The van der Waals surface area contributed by atoms with E-state index in [9.17, 15) is 33.2 Å². The topological polar surface area (TPSA) is 112 Å². The number of carbonyl (C=O) groups excluding carboxylic acids is 3. The maximum absolute atomic E-state index is 14.3. The molecule has 188 valence electrons. The maximum atomic E-state index is 14.3. The second kappa shape index (κ2) is 10.4. The number of hydrogen-bond donors (Lipinski definition) is 3. The minimum absolute atomic E-state index is 0.0935. The first kappa shape index (κ1) is 25.8. The van der Waals surface area contributed by atoms with Crippen LogP contribution in [0.3, 0.4) is 0 Å². The fourth-order valence-corrected chi connectivity index (χ4v) is 4.61. The molecular formula is C24H23BClF2N3O5. The van der Waals surface area contributed by atoms with Crippen LogP contribution in [-0.2, 0) is 22.7 Å². The first-order valence-electron chi connectivity index (χ1n) is 11.2. The summed E-state index contributed by atoms with van der Waals surface area (Å²) in [5.74, 6) is -2.11. The van der Waals surface area contributed by atoms with Crippen molar-refractivity contribution < 1.29 is 33.2 Å². The third-order valence-corrected chi connectivity index (χ3v) is 6.54. The van der Waals surface area contributed by atoms with Gasteiger partial charge in [0.25, 0.3) is 0 Å². The molecule has 4 rings (SSSR count). The lowest BCUT2D eigenvalue weighted by molar-refractivity contribution is -0.139. The molecule has 1 saturated heterocycles. The molecule has 2 heterocycles. The minimum Gasteiger partial charge on any atom is -0.423 e. The lowest BCUT2D eigenvalue weighted by Gasteiger charge is -2.24. The van der Waals surface area contributed by atoms with Crippen molar-refractivity contribution in [2.24, 2.45) is 0 Å². The largest absolute Gasteiger partial charge is 0.488 e. The van der Waals surface area contributed by atoms with Crippen molar-refractivity contribution in [3.63, 3.8) is 0 Å². The van der Waals surface area contributed by atoms with E-state index in [1.54, 1.807) is 6.07 Å². The molecule has 1 fully saturated rings. The summed E-state index contributed by atoms with van der Waals surface area (Å²) in [6, 6.07) is 7.74. The number of Topliss-reactive ketones (excluding diaryl/α,β-unsaturated/α-hetero) is 1. The molecule has 0 bridgehead atoms.